The molecule has 0 unspecified atom stereocenters. The van der Waals surface area contributed by atoms with Gasteiger partial charge < -0.3 is 15.2 Å². The number of hydrogen-bond donors (Lipinski definition) is 1. The lowest BCUT2D eigenvalue weighted by atomic mass is 10.2. The first-order valence-electron chi connectivity index (χ1n) is 4.93. The molecule has 16 heavy (non-hydrogen) atoms. The average Bonchev–Trinajstić information content (AvgIpc) is 2.16. The van der Waals surface area contributed by atoms with Crippen molar-refractivity contribution in [3.05, 3.63) is 11.2 Å². The Bertz CT molecular complexity index is 352. The lowest BCUT2D eigenvalue weighted by Crippen LogP contribution is -2.22. The predicted octanol–water partition coefficient (Wildman–Crippen LogP) is 1.91. The Morgan fingerprint density at radius 1 is 1.38 bits per heavy atom. The second-order valence-corrected chi connectivity index (χ2v) is 4.60. The Morgan fingerprint density at radius 3 is 2.69 bits per heavy atom. The molecule has 0 saturated heterocycles. The largest absolute Gasteiger partial charge is 0.474 e. The van der Waals surface area contributed by atoms with Gasteiger partial charge in [-0.1, -0.05) is 11.6 Å². The van der Waals surface area contributed by atoms with Crippen LogP contribution < -0.4 is 10.5 Å². The highest BCUT2D eigenvalue weighted by molar-refractivity contribution is 6.31. The Hall–Kier alpha value is -1.07. The van der Waals surface area contributed by atoms with E-state index < -0.39 is 0 Å². The van der Waals surface area contributed by atoms with Crippen molar-refractivity contribution in [2.75, 3.05) is 18.9 Å². The first-order valence-corrected chi connectivity index (χ1v) is 5.31. The Labute approximate surface area is 99.9 Å². The molecule has 1 heterocycles. The van der Waals surface area contributed by atoms with Gasteiger partial charge in [0.1, 0.15) is 11.6 Å². The van der Waals surface area contributed by atoms with Gasteiger partial charge in [0, 0.05) is 0 Å². The third-order valence-corrected chi connectivity index (χ3v) is 1.85. The molecule has 6 heteroatoms. The van der Waals surface area contributed by atoms with Crippen molar-refractivity contribution in [3.8, 4) is 5.88 Å². The van der Waals surface area contributed by atoms with E-state index in [1.54, 1.807) is 0 Å². The standard InChI is InChI=1S/C10H16ClN3O2/c1-10(2,3)16-5-4-15-8-7(11)6-13-9(12)14-8/h6H,4-5H2,1-3H3,(H2,12,13,14). The van der Waals surface area contributed by atoms with Crippen LogP contribution in [0.15, 0.2) is 6.20 Å². The van der Waals surface area contributed by atoms with Crippen molar-refractivity contribution >= 4 is 17.5 Å². The van der Waals surface area contributed by atoms with Crippen molar-refractivity contribution in [2.24, 2.45) is 0 Å². The minimum atomic E-state index is -0.183. The van der Waals surface area contributed by atoms with Gasteiger partial charge in [0.05, 0.1) is 18.4 Å². The SMILES string of the molecule is CC(C)(C)OCCOc1nc(N)ncc1Cl. The van der Waals surface area contributed by atoms with Crippen LogP contribution in [-0.4, -0.2) is 28.8 Å². The Kier molecular flexibility index (Phi) is 4.32. The predicted molar refractivity (Wildman–Crippen MR) is 62.7 cm³/mol. The fourth-order valence-corrected chi connectivity index (χ4v) is 1.10. The summed E-state index contributed by atoms with van der Waals surface area (Å²) < 4.78 is 10.8. The molecule has 5 nitrogen and oxygen atoms in total. The number of ether oxygens (including phenoxy) is 2. The molecule has 1 aromatic heterocycles. The number of nitrogens with two attached hydrogens (primary N) is 1. The van der Waals surface area contributed by atoms with Crippen LogP contribution in [0.4, 0.5) is 5.95 Å². The van der Waals surface area contributed by atoms with E-state index in [-0.39, 0.29) is 17.4 Å². The van der Waals surface area contributed by atoms with E-state index in [0.29, 0.717) is 18.2 Å². The van der Waals surface area contributed by atoms with Gasteiger partial charge in [0.15, 0.2) is 0 Å². The zero-order chi connectivity index (χ0) is 12.2. The van der Waals surface area contributed by atoms with E-state index in [1.807, 2.05) is 20.8 Å². The van der Waals surface area contributed by atoms with Gasteiger partial charge in [-0.3, -0.25) is 0 Å². The van der Waals surface area contributed by atoms with Crippen LogP contribution in [0.1, 0.15) is 20.8 Å². The van der Waals surface area contributed by atoms with Crippen LogP contribution >= 0.6 is 11.6 Å². The minimum Gasteiger partial charge on any atom is -0.474 e. The van der Waals surface area contributed by atoms with E-state index in [4.69, 9.17) is 26.8 Å². The summed E-state index contributed by atoms with van der Waals surface area (Å²) in [6.45, 7) is 6.76. The van der Waals surface area contributed by atoms with Crippen molar-refractivity contribution in [2.45, 2.75) is 26.4 Å². The van der Waals surface area contributed by atoms with E-state index in [9.17, 15) is 0 Å². The number of halogens is 1. The number of nitrogens with zero attached hydrogens (tertiary/aromatic N) is 2. The maximum atomic E-state index is 5.82. The lowest BCUT2D eigenvalue weighted by Gasteiger charge is -2.19. The molecule has 0 atom stereocenters. The normalized spacial score (nSPS) is 11.5. The molecule has 1 aromatic rings. The molecule has 0 aromatic carbocycles. The number of hydrogen-bond acceptors (Lipinski definition) is 5. The van der Waals surface area contributed by atoms with Gasteiger partial charge in [-0.05, 0) is 20.8 Å². The topological polar surface area (TPSA) is 70.3 Å². The molecule has 0 amide bonds. The second kappa shape index (κ2) is 5.32. The first kappa shape index (κ1) is 13.0. The molecule has 0 bridgehead atoms. The summed E-state index contributed by atoms with van der Waals surface area (Å²) in [4.78, 5) is 7.59. The number of rotatable bonds is 4. The highest BCUT2D eigenvalue weighted by Gasteiger charge is 2.10. The molecule has 2 N–H and O–H groups in total. The fraction of sp³-hybridized carbons (Fsp3) is 0.600. The van der Waals surface area contributed by atoms with Crippen molar-refractivity contribution < 1.29 is 9.47 Å². The first-order chi connectivity index (χ1) is 7.38. The molecule has 0 spiro atoms. The average molecular weight is 246 g/mol. The van der Waals surface area contributed by atoms with Crippen LogP contribution in [0.25, 0.3) is 0 Å². The third kappa shape index (κ3) is 4.63. The van der Waals surface area contributed by atoms with E-state index in [1.165, 1.54) is 6.20 Å². The number of aromatic nitrogens is 2. The van der Waals surface area contributed by atoms with Crippen LogP contribution in [0, 0.1) is 0 Å². The monoisotopic (exact) mass is 245 g/mol. The molecule has 0 radical (unpaired) electrons. The molecule has 0 aliphatic carbocycles. The van der Waals surface area contributed by atoms with Gasteiger partial charge in [0.2, 0.25) is 11.8 Å². The molecule has 0 aliphatic heterocycles. The van der Waals surface area contributed by atoms with Gasteiger partial charge in [0.25, 0.3) is 0 Å². The summed E-state index contributed by atoms with van der Waals surface area (Å²) in [5, 5.41) is 0.338. The smallest absolute Gasteiger partial charge is 0.237 e. The fourth-order valence-electron chi connectivity index (χ4n) is 0.952. The summed E-state index contributed by atoms with van der Waals surface area (Å²) in [5.74, 6) is 0.419. The molecule has 90 valence electrons. The van der Waals surface area contributed by atoms with Crippen LogP contribution in [-0.2, 0) is 4.74 Å². The van der Waals surface area contributed by atoms with Gasteiger partial charge >= 0.3 is 0 Å². The number of nitrogen functional groups attached to an aromatic ring is 1. The Balaban J connectivity index is 2.40. The highest BCUT2D eigenvalue weighted by atomic mass is 35.5. The summed E-state index contributed by atoms with van der Waals surface area (Å²) in [7, 11) is 0. The summed E-state index contributed by atoms with van der Waals surface area (Å²) >= 11 is 5.82. The van der Waals surface area contributed by atoms with E-state index in [2.05, 4.69) is 9.97 Å². The second-order valence-electron chi connectivity index (χ2n) is 4.19. The zero-order valence-corrected chi connectivity index (χ0v) is 10.4. The minimum absolute atomic E-state index is 0.135. The third-order valence-electron chi connectivity index (χ3n) is 1.59. The molecule has 1 rings (SSSR count). The Morgan fingerprint density at radius 2 is 2.06 bits per heavy atom. The molecular weight excluding hydrogens is 230 g/mol. The zero-order valence-electron chi connectivity index (χ0n) is 9.66. The van der Waals surface area contributed by atoms with Gasteiger partial charge in [-0.25, -0.2) is 4.98 Å². The quantitative estimate of drug-likeness (QED) is 0.821. The maximum absolute atomic E-state index is 5.82. The molecule has 0 saturated carbocycles. The molecule has 0 aliphatic rings. The summed E-state index contributed by atoms with van der Waals surface area (Å²) in [6, 6.07) is 0. The van der Waals surface area contributed by atoms with Crippen LogP contribution in [0.2, 0.25) is 5.02 Å². The summed E-state index contributed by atoms with van der Waals surface area (Å²) in [5.41, 5.74) is 5.23. The number of anilines is 1. The van der Waals surface area contributed by atoms with Crippen molar-refractivity contribution in [1.29, 1.82) is 0 Å². The van der Waals surface area contributed by atoms with Crippen LogP contribution in [0.3, 0.4) is 0 Å². The van der Waals surface area contributed by atoms with E-state index >= 15 is 0 Å². The van der Waals surface area contributed by atoms with Crippen molar-refractivity contribution in [1.82, 2.24) is 9.97 Å². The van der Waals surface area contributed by atoms with Crippen molar-refractivity contribution in [3.63, 3.8) is 0 Å². The van der Waals surface area contributed by atoms with E-state index in [0.717, 1.165) is 0 Å². The highest BCUT2D eigenvalue weighted by Crippen LogP contribution is 2.20. The van der Waals surface area contributed by atoms with Gasteiger partial charge in [-0.2, -0.15) is 4.98 Å². The van der Waals surface area contributed by atoms with Gasteiger partial charge in [-0.15, -0.1) is 0 Å². The maximum Gasteiger partial charge on any atom is 0.237 e. The molecular formula is C10H16ClN3O2. The lowest BCUT2D eigenvalue weighted by molar-refractivity contribution is -0.0167. The summed E-state index contributed by atoms with van der Waals surface area (Å²) in [6.07, 6.45) is 1.41. The van der Waals surface area contributed by atoms with Crippen LogP contribution in [0.5, 0.6) is 5.88 Å². The molecule has 0 fully saturated rings.